The van der Waals surface area contributed by atoms with Crippen LogP contribution in [0.1, 0.15) is 37.4 Å². The highest BCUT2D eigenvalue weighted by atomic mass is 35.5. The molecule has 0 saturated heterocycles. The second-order valence-electron chi connectivity index (χ2n) is 8.60. The number of nitrogens with one attached hydrogen (secondary N) is 1. The van der Waals surface area contributed by atoms with Crippen molar-refractivity contribution in [1.29, 1.82) is 5.26 Å². The molecule has 0 fully saturated rings. The predicted octanol–water partition coefficient (Wildman–Crippen LogP) is 7.79. The Morgan fingerprint density at radius 2 is 1.58 bits per heavy atom. The molecule has 1 amide bonds. The van der Waals surface area contributed by atoms with E-state index in [-0.39, 0.29) is 40.3 Å². The number of hydrogen-bond donors (Lipinski definition) is 1. The molecule has 0 aromatic heterocycles. The number of amides is 1. The van der Waals surface area contributed by atoms with E-state index in [9.17, 15) is 49.1 Å². The standard InChI is InChI=1S/C27H16ClF9N2O4/c1-42-22-16(3-2-4-19(22)39-23(41)14-7-5-13(12-38)6-8-14)20(40)11-17-18(28)9-15(10-21(17)43-24(29)30)25(31,26(32,33)34)27(35,36)37/h2-10,24H,11H2,1H3,(H,39,41). The number of methoxy groups -OCH3 is 1. The van der Waals surface area contributed by atoms with Crippen LogP contribution >= 0.6 is 11.6 Å². The molecular formula is C27H16ClF9N2O4. The maximum Gasteiger partial charge on any atom is 0.435 e. The first kappa shape index (κ1) is 33.1. The number of carbonyl (C=O) groups excluding carboxylic acids is 2. The van der Waals surface area contributed by atoms with Crippen LogP contribution in [0.2, 0.25) is 5.02 Å². The van der Waals surface area contributed by atoms with Gasteiger partial charge >= 0.3 is 24.6 Å². The lowest BCUT2D eigenvalue weighted by Crippen LogP contribution is -2.50. The van der Waals surface area contributed by atoms with Crippen molar-refractivity contribution in [2.45, 2.75) is 31.1 Å². The predicted molar refractivity (Wildman–Crippen MR) is 133 cm³/mol. The van der Waals surface area contributed by atoms with Gasteiger partial charge in [-0.3, -0.25) is 9.59 Å². The number of Topliss-reactive ketones (excluding diaryl/α,β-unsaturated/α-hetero) is 1. The molecule has 3 aromatic carbocycles. The Bertz CT molecular complexity index is 1550. The Labute approximate surface area is 241 Å². The first-order chi connectivity index (χ1) is 19.9. The van der Waals surface area contributed by atoms with Crippen molar-refractivity contribution < 1.29 is 58.6 Å². The van der Waals surface area contributed by atoms with E-state index in [4.69, 9.17) is 21.6 Å². The maximum absolute atomic E-state index is 14.6. The van der Waals surface area contributed by atoms with Crippen LogP contribution in [0.3, 0.4) is 0 Å². The lowest BCUT2D eigenvalue weighted by atomic mass is 9.91. The molecule has 0 aliphatic heterocycles. The molecule has 1 N–H and O–H groups in total. The van der Waals surface area contributed by atoms with Gasteiger partial charge in [0.15, 0.2) is 11.5 Å². The van der Waals surface area contributed by atoms with Gasteiger partial charge in [0.05, 0.1) is 30.0 Å². The third-order valence-electron chi connectivity index (χ3n) is 5.93. The van der Waals surface area contributed by atoms with Gasteiger partial charge in [-0.25, -0.2) is 4.39 Å². The molecule has 0 unspecified atom stereocenters. The minimum atomic E-state index is -6.58. The van der Waals surface area contributed by atoms with Crippen LogP contribution in [0, 0.1) is 11.3 Å². The number of nitriles is 1. The largest absolute Gasteiger partial charge is 0.494 e. The molecule has 3 rings (SSSR count). The summed E-state index contributed by atoms with van der Waals surface area (Å²) in [5.74, 6) is -3.37. The van der Waals surface area contributed by atoms with Gasteiger partial charge in [0.25, 0.3) is 5.91 Å². The topological polar surface area (TPSA) is 88.4 Å². The summed E-state index contributed by atoms with van der Waals surface area (Å²) in [6.45, 7) is -3.82. The number of nitrogens with zero attached hydrogens (tertiary/aromatic N) is 1. The highest BCUT2D eigenvalue weighted by Gasteiger charge is 2.73. The van der Waals surface area contributed by atoms with Crippen LogP contribution in [0.25, 0.3) is 0 Å². The smallest absolute Gasteiger partial charge is 0.435 e. The Balaban J connectivity index is 2.03. The third-order valence-corrected chi connectivity index (χ3v) is 6.27. The molecule has 43 heavy (non-hydrogen) atoms. The normalized spacial score (nSPS) is 12.1. The van der Waals surface area contributed by atoms with E-state index in [1.165, 1.54) is 36.4 Å². The van der Waals surface area contributed by atoms with E-state index in [0.29, 0.717) is 0 Å². The van der Waals surface area contributed by atoms with Gasteiger partial charge in [-0.05, 0) is 48.5 Å². The molecular weight excluding hydrogens is 623 g/mol. The molecule has 16 heteroatoms. The second kappa shape index (κ2) is 12.4. The summed E-state index contributed by atoms with van der Waals surface area (Å²) in [4.78, 5) is 25.9. The van der Waals surface area contributed by atoms with Crippen LogP contribution in [0.4, 0.5) is 45.2 Å². The highest BCUT2D eigenvalue weighted by molar-refractivity contribution is 6.32. The van der Waals surface area contributed by atoms with Crippen LogP contribution < -0.4 is 14.8 Å². The van der Waals surface area contributed by atoms with Gasteiger partial charge in [0.1, 0.15) is 5.75 Å². The van der Waals surface area contributed by atoms with E-state index < -0.39 is 64.6 Å². The van der Waals surface area contributed by atoms with Gasteiger partial charge in [-0.2, -0.15) is 40.4 Å². The number of alkyl halides is 9. The average molecular weight is 639 g/mol. The summed E-state index contributed by atoms with van der Waals surface area (Å²) in [7, 11) is 1.10. The fourth-order valence-electron chi connectivity index (χ4n) is 3.89. The number of anilines is 1. The zero-order chi connectivity index (χ0) is 32.3. The van der Waals surface area contributed by atoms with E-state index in [1.54, 1.807) is 0 Å². The molecule has 6 nitrogen and oxygen atoms in total. The second-order valence-corrected chi connectivity index (χ2v) is 9.00. The Morgan fingerprint density at radius 3 is 2.09 bits per heavy atom. The SMILES string of the molecule is COc1c(NC(=O)c2ccc(C#N)cc2)cccc1C(=O)Cc1c(Cl)cc(C(F)(C(F)(F)F)C(F)(F)F)cc1OC(F)F. The number of para-hydroxylation sites is 1. The van der Waals surface area contributed by atoms with E-state index in [2.05, 4.69) is 10.1 Å². The van der Waals surface area contributed by atoms with Crippen molar-refractivity contribution in [2.24, 2.45) is 0 Å². The van der Waals surface area contributed by atoms with Crippen LogP contribution in [0.15, 0.2) is 54.6 Å². The highest BCUT2D eigenvalue weighted by Crippen LogP contribution is 2.54. The summed E-state index contributed by atoms with van der Waals surface area (Å²) >= 11 is 5.83. The summed E-state index contributed by atoms with van der Waals surface area (Å²) in [5, 5.41) is 10.3. The molecule has 0 radical (unpaired) electrons. The zero-order valence-electron chi connectivity index (χ0n) is 21.3. The Morgan fingerprint density at radius 1 is 0.977 bits per heavy atom. The van der Waals surface area contributed by atoms with Crippen molar-refractivity contribution >= 4 is 29.0 Å². The lowest BCUT2D eigenvalue weighted by molar-refractivity contribution is -0.348. The van der Waals surface area contributed by atoms with E-state index in [0.717, 1.165) is 13.2 Å². The van der Waals surface area contributed by atoms with Crippen molar-refractivity contribution in [2.75, 3.05) is 12.4 Å². The molecule has 3 aromatic rings. The number of hydrogen-bond acceptors (Lipinski definition) is 5. The first-order valence-corrected chi connectivity index (χ1v) is 11.9. The van der Waals surface area contributed by atoms with Gasteiger partial charge in [-0.1, -0.05) is 17.7 Å². The minimum absolute atomic E-state index is 0.0641. The molecule has 0 aliphatic rings. The Kier molecular flexibility index (Phi) is 9.55. The van der Waals surface area contributed by atoms with Gasteiger partial charge < -0.3 is 14.8 Å². The zero-order valence-corrected chi connectivity index (χ0v) is 22.1. The van der Waals surface area contributed by atoms with Crippen LogP contribution in [0.5, 0.6) is 11.5 Å². The third kappa shape index (κ3) is 6.80. The van der Waals surface area contributed by atoms with Crippen molar-refractivity contribution in [3.63, 3.8) is 0 Å². The van der Waals surface area contributed by atoms with E-state index >= 15 is 0 Å². The molecule has 228 valence electrons. The number of ketones is 1. The quantitative estimate of drug-likeness (QED) is 0.191. The number of carbonyl (C=O) groups is 2. The first-order valence-electron chi connectivity index (χ1n) is 11.6. The number of ether oxygens (including phenoxy) is 2. The fraction of sp³-hybridized carbons (Fsp3) is 0.222. The van der Waals surface area contributed by atoms with Crippen LogP contribution in [-0.2, 0) is 12.1 Å². The molecule has 0 saturated carbocycles. The average Bonchev–Trinajstić information content (AvgIpc) is 2.92. The van der Waals surface area contributed by atoms with Gasteiger partial charge in [-0.15, -0.1) is 0 Å². The number of rotatable bonds is 9. The van der Waals surface area contributed by atoms with E-state index in [1.807, 2.05) is 6.07 Å². The maximum atomic E-state index is 14.6. The minimum Gasteiger partial charge on any atom is -0.494 e. The van der Waals surface area contributed by atoms with Crippen molar-refractivity contribution in [3.8, 4) is 17.6 Å². The van der Waals surface area contributed by atoms with Crippen LogP contribution in [-0.4, -0.2) is 37.8 Å². The van der Waals surface area contributed by atoms with Gasteiger partial charge in [0, 0.05) is 28.1 Å². The summed E-state index contributed by atoms with van der Waals surface area (Å²) in [6, 6.07) is 10.7. The Hall–Kier alpha value is -4.45. The monoisotopic (exact) mass is 638 g/mol. The van der Waals surface area contributed by atoms with Crippen molar-refractivity contribution in [1.82, 2.24) is 0 Å². The lowest BCUT2D eigenvalue weighted by Gasteiger charge is -2.31. The summed E-state index contributed by atoms with van der Waals surface area (Å²) < 4.78 is 130. The molecule has 0 aliphatic carbocycles. The van der Waals surface area contributed by atoms with Gasteiger partial charge in [0.2, 0.25) is 0 Å². The molecule has 0 bridgehead atoms. The van der Waals surface area contributed by atoms with Crippen molar-refractivity contribution in [3.05, 3.63) is 87.4 Å². The molecule has 0 spiro atoms. The molecule has 0 atom stereocenters. The number of benzene rings is 3. The number of halogens is 10. The fourth-order valence-corrected chi connectivity index (χ4v) is 4.17. The summed E-state index contributed by atoms with van der Waals surface area (Å²) in [6.07, 6.45) is -14.2. The summed E-state index contributed by atoms with van der Waals surface area (Å²) in [5.41, 5.74) is -8.99. The molecule has 0 heterocycles.